The number of esters is 1. The van der Waals surface area contributed by atoms with Gasteiger partial charge in [0, 0.05) is 19.2 Å². The second-order valence-corrected chi connectivity index (χ2v) is 7.06. The van der Waals surface area contributed by atoms with Crippen LogP contribution >= 0.6 is 0 Å². The molecule has 0 aromatic carbocycles. The number of carboxylic acid groups (broad SMARTS) is 1. The maximum atomic E-state index is 12.9. The summed E-state index contributed by atoms with van der Waals surface area (Å²) in [5.41, 5.74) is 0.365. The topological polar surface area (TPSA) is 156 Å². The second kappa shape index (κ2) is 9.29. The maximum absolute atomic E-state index is 12.9. The fourth-order valence-corrected chi connectivity index (χ4v) is 4.03. The van der Waals surface area contributed by atoms with Crippen LogP contribution in [0.2, 0.25) is 0 Å². The Balaban J connectivity index is 0.000000806. The van der Waals surface area contributed by atoms with E-state index in [0.29, 0.717) is 31.2 Å². The van der Waals surface area contributed by atoms with Gasteiger partial charge in [0.15, 0.2) is 5.82 Å². The number of likely N-dealkylation sites (tertiary alicyclic amines) is 1. The Bertz CT molecular complexity index is 910. The fraction of sp³-hybridized carbons (Fsp3) is 0.500. The number of nitrogens with zero attached hydrogens (tertiary/aromatic N) is 6. The zero-order chi connectivity index (χ0) is 21.7. The van der Waals surface area contributed by atoms with Crippen molar-refractivity contribution in [3.05, 3.63) is 30.2 Å². The van der Waals surface area contributed by atoms with E-state index in [1.54, 1.807) is 11.0 Å². The number of hydrogen-bond acceptors (Lipinski definition) is 8. The van der Waals surface area contributed by atoms with Gasteiger partial charge in [-0.15, -0.1) is 5.10 Å². The molecule has 0 radical (unpaired) electrons. The predicted molar refractivity (Wildman–Crippen MR) is 101 cm³/mol. The lowest BCUT2D eigenvalue weighted by Gasteiger charge is -2.31. The zero-order valence-corrected chi connectivity index (χ0v) is 16.6. The molecule has 0 bridgehead atoms. The molecule has 160 valence electrons. The number of nitrogens with one attached hydrogen (secondary N) is 1. The standard InChI is InChI=1S/C17H21N7O3.CH2O2/c1-3-27-17(26)15-10(2)4-5-11-7-23(8-12(11)15)16(25)13-6-14(20-19-13)24-9-18-21-22-24;2-1-3/h4-6,9-12,15H,3,7-8H2,1-2H3,(H,19,20);1H,(H,2,3)/t10-,11-,12-,15-;/m0./s1. The van der Waals surface area contributed by atoms with E-state index in [1.165, 1.54) is 11.0 Å². The van der Waals surface area contributed by atoms with Crippen LogP contribution in [0.15, 0.2) is 24.5 Å². The molecule has 1 aliphatic carbocycles. The summed E-state index contributed by atoms with van der Waals surface area (Å²) >= 11 is 0. The van der Waals surface area contributed by atoms with Crippen molar-refractivity contribution < 1.29 is 24.2 Å². The molecular weight excluding hydrogens is 394 g/mol. The summed E-state index contributed by atoms with van der Waals surface area (Å²) < 4.78 is 6.64. The van der Waals surface area contributed by atoms with Crippen LogP contribution in [0.1, 0.15) is 24.3 Å². The highest BCUT2D eigenvalue weighted by Gasteiger charge is 2.46. The summed E-state index contributed by atoms with van der Waals surface area (Å²) in [7, 11) is 0. The molecule has 30 heavy (non-hydrogen) atoms. The van der Waals surface area contributed by atoms with Crippen LogP contribution in [0.5, 0.6) is 0 Å². The van der Waals surface area contributed by atoms with E-state index in [2.05, 4.69) is 37.9 Å². The highest BCUT2D eigenvalue weighted by atomic mass is 16.5. The van der Waals surface area contributed by atoms with Crippen LogP contribution in [-0.4, -0.2) is 78.5 Å². The van der Waals surface area contributed by atoms with Gasteiger partial charge in [-0.05, 0) is 35.1 Å². The average molecular weight is 417 g/mol. The summed E-state index contributed by atoms with van der Waals surface area (Å²) in [6.45, 7) is 5.03. The predicted octanol–water partition coefficient (Wildman–Crippen LogP) is 0.160. The van der Waals surface area contributed by atoms with Gasteiger partial charge in [-0.3, -0.25) is 19.5 Å². The molecule has 12 heteroatoms. The molecule has 4 atom stereocenters. The molecule has 2 N–H and O–H groups in total. The normalized spacial score (nSPS) is 24.5. The van der Waals surface area contributed by atoms with E-state index in [-0.39, 0.29) is 42.0 Å². The third-order valence-electron chi connectivity index (χ3n) is 5.33. The van der Waals surface area contributed by atoms with Gasteiger partial charge in [-0.25, -0.2) is 0 Å². The molecule has 1 aliphatic heterocycles. The molecule has 2 aromatic heterocycles. The van der Waals surface area contributed by atoms with E-state index in [9.17, 15) is 9.59 Å². The zero-order valence-electron chi connectivity index (χ0n) is 16.6. The Morgan fingerprint density at radius 2 is 2.13 bits per heavy atom. The second-order valence-electron chi connectivity index (χ2n) is 7.06. The van der Waals surface area contributed by atoms with Gasteiger partial charge in [0.2, 0.25) is 0 Å². The third kappa shape index (κ3) is 4.21. The Labute approximate surface area is 171 Å². The quantitative estimate of drug-likeness (QED) is 0.402. The number of H-pyrrole nitrogens is 1. The summed E-state index contributed by atoms with van der Waals surface area (Å²) in [4.78, 5) is 35.5. The van der Waals surface area contributed by atoms with Gasteiger partial charge in [0.1, 0.15) is 12.0 Å². The van der Waals surface area contributed by atoms with Crippen molar-refractivity contribution in [3.63, 3.8) is 0 Å². The van der Waals surface area contributed by atoms with E-state index >= 15 is 0 Å². The molecule has 0 saturated carbocycles. The molecule has 2 aromatic rings. The minimum absolute atomic E-state index is 0.0647. The molecular formula is C18H23N7O5. The Kier molecular flexibility index (Phi) is 6.54. The van der Waals surface area contributed by atoms with Crippen molar-refractivity contribution in [3.8, 4) is 5.82 Å². The number of rotatable bonds is 4. The molecule has 1 saturated heterocycles. The first-order valence-corrected chi connectivity index (χ1v) is 9.51. The van der Waals surface area contributed by atoms with Crippen molar-refractivity contribution in [2.24, 2.45) is 23.7 Å². The average Bonchev–Trinajstić information content (AvgIpc) is 3.47. The molecule has 0 spiro atoms. The van der Waals surface area contributed by atoms with E-state index < -0.39 is 0 Å². The molecule has 0 unspecified atom stereocenters. The highest BCUT2D eigenvalue weighted by Crippen LogP contribution is 2.40. The van der Waals surface area contributed by atoms with Crippen molar-refractivity contribution in [2.45, 2.75) is 13.8 Å². The van der Waals surface area contributed by atoms with Crippen LogP contribution in [0.25, 0.3) is 5.82 Å². The van der Waals surface area contributed by atoms with E-state index in [4.69, 9.17) is 14.6 Å². The van der Waals surface area contributed by atoms with E-state index in [0.717, 1.165) is 0 Å². The lowest BCUT2D eigenvalue weighted by Crippen LogP contribution is -2.37. The smallest absolute Gasteiger partial charge is 0.309 e. The summed E-state index contributed by atoms with van der Waals surface area (Å²) in [5.74, 6) is 0.200. The van der Waals surface area contributed by atoms with Crippen molar-refractivity contribution in [1.82, 2.24) is 35.3 Å². The SMILES string of the molecule is CCOC(=O)[C@@H]1[C@H]2CN(C(=O)c3cc(-n4cnnn4)n[nH]3)C[C@@H]2C=C[C@@H]1C.O=CO. The van der Waals surface area contributed by atoms with Crippen LogP contribution in [0.3, 0.4) is 0 Å². The summed E-state index contributed by atoms with van der Waals surface area (Å²) in [6.07, 6.45) is 5.59. The number of amides is 1. The number of carbonyl (C=O) groups excluding carboxylic acids is 2. The first kappa shape index (κ1) is 21.1. The largest absolute Gasteiger partial charge is 0.483 e. The number of aromatic nitrogens is 6. The van der Waals surface area contributed by atoms with Gasteiger partial charge in [0.05, 0.1) is 12.5 Å². The number of fused-ring (bicyclic) bond motifs is 1. The number of tetrazole rings is 1. The molecule has 1 fully saturated rings. The summed E-state index contributed by atoms with van der Waals surface area (Å²) in [6, 6.07) is 1.61. The van der Waals surface area contributed by atoms with Crippen LogP contribution in [-0.2, 0) is 14.3 Å². The Morgan fingerprint density at radius 1 is 1.37 bits per heavy atom. The van der Waals surface area contributed by atoms with E-state index in [1.807, 2.05) is 13.8 Å². The number of carbonyl (C=O) groups is 3. The summed E-state index contributed by atoms with van der Waals surface area (Å²) in [5, 5.41) is 24.6. The van der Waals surface area contributed by atoms with Gasteiger partial charge in [-0.1, -0.05) is 19.1 Å². The monoisotopic (exact) mass is 417 g/mol. The van der Waals surface area contributed by atoms with Crippen molar-refractivity contribution in [1.29, 1.82) is 0 Å². The highest BCUT2D eigenvalue weighted by molar-refractivity contribution is 5.93. The number of aromatic amines is 1. The minimum atomic E-state index is -0.250. The molecule has 12 nitrogen and oxygen atoms in total. The van der Waals surface area contributed by atoms with Gasteiger partial charge >= 0.3 is 5.97 Å². The van der Waals surface area contributed by atoms with Crippen LogP contribution in [0.4, 0.5) is 0 Å². The first-order chi connectivity index (χ1) is 14.5. The van der Waals surface area contributed by atoms with Crippen LogP contribution < -0.4 is 0 Å². The Hall–Kier alpha value is -3.57. The molecule has 2 aliphatic rings. The van der Waals surface area contributed by atoms with Crippen LogP contribution in [0, 0.1) is 23.7 Å². The fourth-order valence-electron chi connectivity index (χ4n) is 4.03. The number of hydrogen-bond donors (Lipinski definition) is 2. The lowest BCUT2D eigenvalue weighted by molar-refractivity contribution is -0.152. The number of ether oxygens (including phenoxy) is 1. The third-order valence-corrected chi connectivity index (χ3v) is 5.33. The van der Waals surface area contributed by atoms with Crippen molar-refractivity contribution >= 4 is 18.3 Å². The van der Waals surface area contributed by atoms with Gasteiger partial charge in [0.25, 0.3) is 12.4 Å². The molecule has 3 heterocycles. The minimum Gasteiger partial charge on any atom is -0.483 e. The molecule has 1 amide bonds. The Morgan fingerprint density at radius 3 is 2.80 bits per heavy atom. The maximum Gasteiger partial charge on any atom is 0.309 e. The number of allylic oxidation sites excluding steroid dienone is 1. The molecule has 4 rings (SSSR count). The first-order valence-electron chi connectivity index (χ1n) is 9.51. The van der Waals surface area contributed by atoms with Crippen molar-refractivity contribution in [2.75, 3.05) is 19.7 Å². The van der Waals surface area contributed by atoms with Gasteiger partial charge in [-0.2, -0.15) is 9.78 Å². The lowest BCUT2D eigenvalue weighted by atomic mass is 9.72. The van der Waals surface area contributed by atoms with Gasteiger partial charge < -0.3 is 14.7 Å².